The third-order valence-corrected chi connectivity index (χ3v) is 5.80. The first-order chi connectivity index (χ1) is 13.9. The molecule has 5 rings (SSSR count). The zero-order valence-electron chi connectivity index (χ0n) is 17.3. The summed E-state index contributed by atoms with van der Waals surface area (Å²) in [4.78, 5) is 29.1. The van der Waals surface area contributed by atoms with Crippen molar-refractivity contribution in [3.8, 4) is 0 Å². The number of amides is 1. The molecule has 0 bridgehead atoms. The normalized spacial score (nSPS) is 17.2. The Balaban J connectivity index is 1.46. The minimum Gasteiger partial charge on any atom is -0.337 e. The predicted octanol–water partition coefficient (Wildman–Crippen LogP) is 3.87. The second-order valence-electron chi connectivity index (χ2n) is 8.69. The molecule has 150 valence electrons. The zero-order chi connectivity index (χ0) is 20.3. The van der Waals surface area contributed by atoms with E-state index in [4.69, 9.17) is 4.52 Å². The maximum Gasteiger partial charge on any atom is 0.259 e. The summed E-state index contributed by atoms with van der Waals surface area (Å²) < 4.78 is 5.52. The van der Waals surface area contributed by atoms with E-state index in [9.17, 15) is 4.79 Å². The van der Waals surface area contributed by atoms with E-state index in [2.05, 4.69) is 34.0 Å². The molecule has 0 unspecified atom stereocenters. The van der Waals surface area contributed by atoms with Gasteiger partial charge < -0.3 is 9.42 Å². The van der Waals surface area contributed by atoms with Gasteiger partial charge in [-0.2, -0.15) is 0 Å². The summed E-state index contributed by atoms with van der Waals surface area (Å²) in [6.45, 7) is 9.33. The van der Waals surface area contributed by atoms with Gasteiger partial charge in [0.25, 0.3) is 11.6 Å². The molecule has 2 aliphatic rings. The van der Waals surface area contributed by atoms with Crippen LogP contribution in [0.5, 0.6) is 0 Å². The second kappa shape index (κ2) is 6.61. The number of fused-ring (bicyclic) bond motifs is 1. The van der Waals surface area contributed by atoms with Crippen molar-refractivity contribution in [3.05, 3.63) is 46.3 Å². The van der Waals surface area contributed by atoms with Gasteiger partial charge >= 0.3 is 0 Å². The quantitative estimate of drug-likeness (QED) is 0.671. The third-order valence-electron chi connectivity index (χ3n) is 5.80. The number of carbonyl (C=O) groups is 1. The average Bonchev–Trinajstić information content (AvgIpc) is 3.37. The number of aromatic nitrogens is 4. The predicted molar refractivity (Wildman–Crippen MR) is 108 cm³/mol. The van der Waals surface area contributed by atoms with Gasteiger partial charge in [-0.25, -0.2) is 15.0 Å². The molecule has 1 saturated heterocycles. The molecular weight excluding hydrogens is 366 g/mol. The molecule has 1 saturated carbocycles. The van der Waals surface area contributed by atoms with Gasteiger partial charge in [0.15, 0.2) is 0 Å². The van der Waals surface area contributed by atoms with Crippen molar-refractivity contribution in [2.75, 3.05) is 13.1 Å². The molecule has 0 aromatic carbocycles. The first-order valence-corrected chi connectivity index (χ1v) is 10.3. The van der Waals surface area contributed by atoms with E-state index in [0.717, 1.165) is 46.8 Å². The van der Waals surface area contributed by atoms with Crippen molar-refractivity contribution in [2.24, 2.45) is 0 Å². The first kappa shape index (κ1) is 18.2. The molecule has 1 aliphatic carbocycles. The Labute approximate surface area is 169 Å². The summed E-state index contributed by atoms with van der Waals surface area (Å²) in [6.07, 6.45) is 2.24. The molecule has 0 spiro atoms. The Morgan fingerprint density at radius 1 is 1.07 bits per heavy atom. The van der Waals surface area contributed by atoms with Crippen molar-refractivity contribution in [1.82, 2.24) is 25.0 Å². The molecule has 1 amide bonds. The molecular formula is C22H25N5O2. The highest BCUT2D eigenvalue weighted by atomic mass is 16.5. The van der Waals surface area contributed by atoms with Crippen molar-refractivity contribution < 1.29 is 9.32 Å². The topological polar surface area (TPSA) is 85.0 Å². The number of likely N-dealkylation sites (tertiary alicyclic amines) is 1. The smallest absolute Gasteiger partial charge is 0.259 e. The van der Waals surface area contributed by atoms with Crippen LogP contribution in [0.3, 0.4) is 0 Å². The number of nitrogens with zero attached hydrogens (tertiary/aromatic N) is 5. The van der Waals surface area contributed by atoms with Crippen LogP contribution in [0.15, 0.2) is 16.7 Å². The largest absolute Gasteiger partial charge is 0.337 e. The number of hydrogen-bond acceptors (Lipinski definition) is 6. The van der Waals surface area contributed by atoms with Crippen LogP contribution in [-0.2, 0) is 0 Å². The van der Waals surface area contributed by atoms with Crippen molar-refractivity contribution in [2.45, 2.75) is 58.3 Å². The van der Waals surface area contributed by atoms with Gasteiger partial charge in [-0.3, -0.25) is 4.79 Å². The lowest BCUT2D eigenvalue weighted by Gasteiger charge is -2.38. The van der Waals surface area contributed by atoms with E-state index in [1.807, 2.05) is 30.9 Å². The fourth-order valence-electron chi connectivity index (χ4n) is 4.06. The summed E-state index contributed by atoms with van der Waals surface area (Å²) >= 11 is 0. The van der Waals surface area contributed by atoms with Gasteiger partial charge in [0.05, 0.1) is 22.6 Å². The summed E-state index contributed by atoms with van der Waals surface area (Å²) in [5.74, 6) is 1.63. The lowest BCUT2D eigenvalue weighted by Crippen LogP contribution is -2.49. The molecule has 4 heterocycles. The number of hydrogen-bond donors (Lipinski definition) is 0. The van der Waals surface area contributed by atoms with E-state index in [1.165, 1.54) is 0 Å². The standard InChI is InChI=1S/C22H25N5O2/c1-11(2)19-18-16(8-17(14-5-6-14)25-21(18)29-26-19)22(28)27-9-15(10-27)20-23-12(3)7-13(4)24-20/h7-8,11,14-15H,5-6,9-10H2,1-4H3. The zero-order valence-corrected chi connectivity index (χ0v) is 17.3. The Kier molecular flexibility index (Phi) is 4.15. The maximum atomic E-state index is 13.4. The lowest BCUT2D eigenvalue weighted by atomic mass is 9.95. The minimum atomic E-state index is 0.0185. The highest BCUT2D eigenvalue weighted by Gasteiger charge is 2.37. The summed E-state index contributed by atoms with van der Waals surface area (Å²) in [5.41, 5.74) is 4.83. The van der Waals surface area contributed by atoms with Gasteiger partial charge in [-0.1, -0.05) is 19.0 Å². The van der Waals surface area contributed by atoms with Gasteiger partial charge in [0.1, 0.15) is 5.82 Å². The summed E-state index contributed by atoms with van der Waals surface area (Å²) in [7, 11) is 0. The highest BCUT2D eigenvalue weighted by molar-refractivity contribution is 6.06. The van der Waals surface area contributed by atoms with E-state index in [1.54, 1.807) is 0 Å². The first-order valence-electron chi connectivity index (χ1n) is 10.3. The number of carbonyl (C=O) groups excluding carboxylic acids is 1. The van der Waals surface area contributed by atoms with Gasteiger partial charge in [0.2, 0.25) is 0 Å². The average molecular weight is 391 g/mol. The molecule has 2 fully saturated rings. The van der Waals surface area contributed by atoms with Crippen LogP contribution in [0.4, 0.5) is 0 Å². The van der Waals surface area contributed by atoms with E-state index < -0.39 is 0 Å². The highest BCUT2D eigenvalue weighted by Crippen LogP contribution is 2.41. The lowest BCUT2D eigenvalue weighted by molar-refractivity contribution is 0.0596. The summed E-state index contributed by atoms with van der Waals surface area (Å²) in [6, 6.07) is 3.93. The molecule has 0 radical (unpaired) electrons. The molecule has 29 heavy (non-hydrogen) atoms. The van der Waals surface area contributed by atoms with E-state index in [-0.39, 0.29) is 17.7 Å². The Morgan fingerprint density at radius 2 is 1.76 bits per heavy atom. The minimum absolute atomic E-state index is 0.0185. The van der Waals surface area contributed by atoms with Crippen LogP contribution in [0.1, 0.15) is 83.4 Å². The fraction of sp³-hybridized carbons (Fsp3) is 0.500. The Hall–Kier alpha value is -2.83. The SMILES string of the molecule is Cc1cc(C)nc(C2CN(C(=O)c3cc(C4CC4)nc4onc(C(C)C)c34)C2)n1. The van der Waals surface area contributed by atoms with Crippen LogP contribution in [0.2, 0.25) is 0 Å². The van der Waals surface area contributed by atoms with Crippen molar-refractivity contribution >= 4 is 17.0 Å². The van der Waals surface area contributed by atoms with Crippen molar-refractivity contribution in [1.29, 1.82) is 0 Å². The molecule has 3 aromatic heterocycles. The number of aryl methyl sites for hydroxylation is 2. The van der Waals surface area contributed by atoms with Crippen LogP contribution in [-0.4, -0.2) is 44.0 Å². The second-order valence-corrected chi connectivity index (χ2v) is 8.69. The van der Waals surface area contributed by atoms with Gasteiger partial charge in [0, 0.05) is 36.1 Å². The van der Waals surface area contributed by atoms with Crippen LogP contribution in [0.25, 0.3) is 11.1 Å². The van der Waals surface area contributed by atoms with Gasteiger partial charge in [-0.15, -0.1) is 0 Å². The number of rotatable bonds is 4. The number of pyridine rings is 1. The molecule has 3 aromatic rings. The Bertz CT molecular complexity index is 1090. The van der Waals surface area contributed by atoms with Gasteiger partial charge in [-0.05, 0) is 44.7 Å². The molecule has 7 heteroatoms. The van der Waals surface area contributed by atoms with E-state index in [0.29, 0.717) is 30.3 Å². The molecule has 1 aliphatic heterocycles. The molecule has 0 N–H and O–H groups in total. The molecule has 0 atom stereocenters. The van der Waals surface area contributed by atoms with E-state index >= 15 is 0 Å². The third kappa shape index (κ3) is 3.18. The van der Waals surface area contributed by atoms with Crippen LogP contribution in [0, 0.1) is 13.8 Å². The van der Waals surface area contributed by atoms with Crippen molar-refractivity contribution in [3.63, 3.8) is 0 Å². The summed E-state index contributed by atoms with van der Waals surface area (Å²) in [5, 5.41) is 4.98. The van der Waals surface area contributed by atoms with Crippen LogP contribution >= 0.6 is 0 Å². The monoisotopic (exact) mass is 391 g/mol. The Morgan fingerprint density at radius 3 is 2.38 bits per heavy atom. The maximum absolute atomic E-state index is 13.4. The fourth-order valence-corrected chi connectivity index (χ4v) is 4.06. The molecule has 7 nitrogen and oxygen atoms in total. The van der Waals surface area contributed by atoms with Crippen LogP contribution < -0.4 is 0 Å².